The first kappa shape index (κ1) is 18.6. The first-order valence-electron chi connectivity index (χ1n) is 9.28. The Hall–Kier alpha value is -2.15. The van der Waals surface area contributed by atoms with Gasteiger partial charge in [0.2, 0.25) is 0 Å². The van der Waals surface area contributed by atoms with Gasteiger partial charge < -0.3 is 15.0 Å². The number of hydrogen-bond acceptors (Lipinski definition) is 4. The molecule has 2 atom stereocenters. The molecule has 0 radical (unpaired) electrons. The summed E-state index contributed by atoms with van der Waals surface area (Å²) >= 11 is 0. The fourth-order valence-electron chi connectivity index (χ4n) is 3.69. The lowest BCUT2D eigenvalue weighted by atomic mass is 9.94. The molecule has 2 fully saturated rings. The second-order valence-electron chi connectivity index (χ2n) is 6.79. The van der Waals surface area contributed by atoms with E-state index in [9.17, 15) is 14.0 Å². The molecule has 2 aliphatic heterocycles. The van der Waals surface area contributed by atoms with Crippen LogP contribution < -0.4 is 10.2 Å². The minimum absolute atomic E-state index is 0.00646. The summed E-state index contributed by atoms with van der Waals surface area (Å²) in [5.41, 5.74) is 1.13. The molecule has 142 valence electrons. The lowest BCUT2D eigenvalue weighted by molar-refractivity contribution is -0.130. The molecule has 7 heteroatoms. The van der Waals surface area contributed by atoms with Crippen LogP contribution in [0.1, 0.15) is 32.3 Å². The van der Waals surface area contributed by atoms with Crippen LogP contribution in [0.15, 0.2) is 18.2 Å². The molecule has 1 aromatic carbocycles. The van der Waals surface area contributed by atoms with Crippen molar-refractivity contribution in [2.75, 3.05) is 31.2 Å². The molecular weight excluding hydrogens is 337 g/mol. The van der Waals surface area contributed by atoms with Gasteiger partial charge in [-0.2, -0.15) is 0 Å². The van der Waals surface area contributed by atoms with E-state index in [2.05, 4.69) is 5.32 Å². The summed E-state index contributed by atoms with van der Waals surface area (Å²) in [6, 6.07) is 3.93. The van der Waals surface area contributed by atoms with Gasteiger partial charge in [0.1, 0.15) is 11.9 Å². The molecule has 0 spiro atoms. The van der Waals surface area contributed by atoms with Crippen LogP contribution in [0.2, 0.25) is 0 Å². The monoisotopic (exact) mass is 363 g/mol. The molecule has 2 saturated heterocycles. The molecule has 1 N–H and O–H groups in total. The molecule has 0 unspecified atom stereocenters. The van der Waals surface area contributed by atoms with Crippen molar-refractivity contribution in [2.24, 2.45) is 5.92 Å². The number of nitrogens with one attached hydrogen (secondary N) is 1. The highest BCUT2D eigenvalue weighted by molar-refractivity contribution is 6.04. The Morgan fingerprint density at radius 2 is 2.08 bits per heavy atom. The summed E-state index contributed by atoms with van der Waals surface area (Å²) in [5.74, 6) is -0.582. The first-order valence-corrected chi connectivity index (χ1v) is 9.28. The number of urea groups is 1. The Morgan fingerprint density at radius 3 is 2.69 bits per heavy atom. The summed E-state index contributed by atoms with van der Waals surface area (Å²) in [6.45, 7) is 6.63. The van der Waals surface area contributed by atoms with Crippen LogP contribution >= 0.6 is 0 Å². The summed E-state index contributed by atoms with van der Waals surface area (Å²) in [5, 5.41) is 2.76. The van der Waals surface area contributed by atoms with Gasteiger partial charge in [-0.25, -0.2) is 9.18 Å². The molecule has 0 saturated carbocycles. The van der Waals surface area contributed by atoms with Gasteiger partial charge in [-0.3, -0.25) is 9.69 Å². The molecule has 2 aliphatic rings. The summed E-state index contributed by atoms with van der Waals surface area (Å²) < 4.78 is 19.9. The molecule has 0 bridgehead atoms. The Morgan fingerprint density at radius 1 is 1.31 bits per heavy atom. The van der Waals surface area contributed by atoms with Crippen LogP contribution in [-0.2, 0) is 16.1 Å². The standard InChI is InChI=1S/C19H26FN3O3/c1-3-22(4-2)16-8-7-13(10-15(16)20)11-23-18(24)17(21-19(23)25)14-6-5-9-26-12-14/h7-8,10,14,17H,3-6,9,11-12H2,1-2H3,(H,21,25)/t14-,17+/m1/s1. The van der Waals surface area contributed by atoms with Crippen molar-refractivity contribution in [1.82, 2.24) is 10.2 Å². The third-order valence-corrected chi connectivity index (χ3v) is 5.18. The van der Waals surface area contributed by atoms with Crippen LogP contribution in [-0.4, -0.2) is 49.2 Å². The first-order chi connectivity index (χ1) is 12.5. The van der Waals surface area contributed by atoms with Gasteiger partial charge in [0.15, 0.2) is 0 Å². The van der Waals surface area contributed by atoms with E-state index in [4.69, 9.17) is 4.74 Å². The third-order valence-electron chi connectivity index (χ3n) is 5.18. The van der Waals surface area contributed by atoms with Crippen molar-refractivity contribution in [3.8, 4) is 0 Å². The zero-order valence-corrected chi connectivity index (χ0v) is 15.3. The van der Waals surface area contributed by atoms with Gasteiger partial charge in [-0.15, -0.1) is 0 Å². The highest BCUT2D eigenvalue weighted by atomic mass is 19.1. The van der Waals surface area contributed by atoms with Gasteiger partial charge in [-0.05, 0) is 44.4 Å². The normalized spacial score (nSPS) is 23.3. The lowest BCUT2D eigenvalue weighted by Crippen LogP contribution is -2.41. The van der Waals surface area contributed by atoms with E-state index < -0.39 is 12.1 Å². The number of ether oxygens (including phenoxy) is 1. The maximum Gasteiger partial charge on any atom is 0.325 e. The number of hydrogen-bond donors (Lipinski definition) is 1. The molecule has 1 aromatic rings. The second-order valence-corrected chi connectivity index (χ2v) is 6.79. The van der Waals surface area contributed by atoms with Crippen molar-refractivity contribution >= 4 is 17.6 Å². The minimum atomic E-state index is -0.539. The van der Waals surface area contributed by atoms with Crippen molar-refractivity contribution in [3.05, 3.63) is 29.6 Å². The molecule has 2 heterocycles. The predicted octanol–water partition coefficient (Wildman–Crippen LogP) is 2.52. The van der Waals surface area contributed by atoms with Gasteiger partial charge in [0.05, 0.1) is 18.8 Å². The Balaban J connectivity index is 1.71. The maximum absolute atomic E-state index is 14.4. The Labute approximate surface area is 153 Å². The van der Waals surface area contributed by atoms with E-state index in [1.54, 1.807) is 12.1 Å². The van der Waals surface area contributed by atoms with Gasteiger partial charge >= 0.3 is 6.03 Å². The topological polar surface area (TPSA) is 61.9 Å². The van der Waals surface area contributed by atoms with E-state index in [1.165, 1.54) is 11.0 Å². The molecule has 26 heavy (non-hydrogen) atoms. The molecule has 6 nitrogen and oxygen atoms in total. The number of imide groups is 1. The van der Waals surface area contributed by atoms with Crippen LogP contribution in [0.25, 0.3) is 0 Å². The molecular formula is C19H26FN3O3. The second kappa shape index (κ2) is 8.03. The van der Waals surface area contributed by atoms with Crippen LogP contribution in [0.4, 0.5) is 14.9 Å². The number of carbonyl (C=O) groups excluding carboxylic acids is 2. The van der Waals surface area contributed by atoms with Gasteiger partial charge in [-0.1, -0.05) is 6.07 Å². The van der Waals surface area contributed by atoms with E-state index >= 15 is 0 Å². The van der Waals surface area contributed by atoms with E-state index in [0.29, 0.717) is 37.6 Å². The van der Waals surface area contributed by atoms with Crippen molar-refractivity contribution in [1.29, 1.82) is 0 Å². The minimum Gasteiger partial charge on any atom is -0.381 e. The number of halogens is 1. The summed E-state index contributed by atoms with van der Waals surface area (Å²) in [6.07, 6.45) is 1.75. The Kier molecular flexibility index (Phi) is 5.76. The van der Waals surface area contributed by atoms with Crippen LogP contribution in [0, 0.1) is 11.7 Å². The van der Waals surface area contributed by atoms with E-state index in [0.717, 1.165) is 12.8 Å². The average molecular weight is 363 g/mol. The average Bonchev–Trinajstić information content (AvgIpc) is 2.93. The third kappa shape index (κ3) is 3.67. The Bertz CT molecular complexity index is 672. The fraction of sp³-hybridized carbons (Fsp3) is 0.579. The van der Waals surface area contributed by atoms with E-state index in [1.807, 2.05) is 18.7 Å². The number of anilines is 1. The molecule has 3 amide bonds. The number of benzene rings is 1. The molecule has 0 aromatic heterocycles. The molecule has 0 aliphatic carbocycles. The summed E-state index contributed by atoms with van der Waals surface area (Å²) in [7, 11) is 0. The number of rotatable bonds is 6. The van der Waals surface area contributed by atoms with Crippen molar-refractivity contribution in [2.45, 2.75) is 39.3 Å². The number of carbonyl (C=O) groups is 2. The lowest BCUT2D eigenvalue weighted by Gasteiger charge is -2.25. The highest BCUT2D eigenvalue weighted by Crippen LogP contribution is 2.25. The quantitative estimate of drug-likeness (QED) is 0.789. The van der Waals surface area contributed by atoms with Crippen molar-refractivity contribution in [3.63, 3.8) is 0 Å². The fourth-order valence-corrected chi connectivity index (χ4v) is 3.69. The largest absolute Gasteiger partial charge is 0.381 e. The maximum atomic E-state index is 14.4. The van der Waals surface area contributed by atoms with Gasteiger partial charge in [0, 0.05) is 25.6 Å². The molecule has 3 rings (SSSR count). The van der Waals surface area contributed by atoms with Crippen molar-refractivity contribution < 1.29 is 18.7 Å². The van der Waals surface area contributed by atoms with Gasteiger partial charge in [0.25, 0.3) is 5.91 Å². The summed E-state index contributed by atoms with van der Waals surface area (Å²) in [4.78, 5) is 28.0. The number of amides is 3. The zero-order chi connectivity index (χ0) is 18.7. The van der Waals surface area contributed by atoms with E-state index in [-0.39, 0.29) is 24.2 Å². The highest BCUT2D eigenvalue weighted by Gasteiger charge is 2.42. The van der Waals surface area contributed by atoms with Crippen LogP contribution in [0.5, 0.6) is 0 Å². The number of nitrogens with zero attached hydrogens (tertiary/aromatic N) is 2. The zero-order valence-electron chi connectivity index (χ0n) is 15.3. The smallest absolute Gasteiger partial charge is 0.325 e. The predicted molar refractivity (Wildman–Crippen MR) is 96.4 cm³/mol. The SMILES string of the molecule is CCN(CC)c1ccc(CN2C(=O)N[C@@H]([C@@H]3CCCOC3)C2=O)cc1F. The van der Waals surface area contributed by atoms with Crippen LogP contribution in [0.3, 0.4) is 0 Å².